The second-order valence-electron chi connectivity index (χ2n) is 8.37. The third kappa shape index (κ3) is 4.18. The van der Waals surface area contributed by atoms with Crippen LogP contribution in [-0.4, -0.2) is 0 Å². The minimum atomic E-state index is -2.06. The summed E-state index contributed by atoms with van der Waals surface area (Å²) in [6, 6.07) is 41.5. The van der Waals surface area contributed by atoms with Crippen molar-refractivity contribution in [3.05, 3.63) is 138 Å². The molecule has 35 heavy (non-hydrogen) atoms. The first-order valence-corrected chi connectivity index (χ1v) is 13.2. The number of fused-ring (bicyclic) bond motifs is 2. The van der Waals surface area contributed by atoms with E-state index in [1.165, 1.54) is 22.0 Å². The van der Waals surface area contributed by atoms with Crippen LogP contribution in [0.2, 0.25) is 0 Å². The van der Waals surface area contributed by atoms with Crippen LogP contribution in [-0.2, 0) is 6.16 Å². The molecule has 4 aromatic carbocycles. The van der Waals surface area contributed by atoms with Gasteiger partial charge in [0.25, 0.3) is 0 Å². The van der Waals surface area contributed by atoms with Crippen LogP contribution in [0, 0.1) is 0 Å². The number of halogens is 1. The van der Waals surface area contributed by atoms with E-state index in [1.54, 1.807) is 6.07 Å². The van der Waals surface area contributed by atoms with Gasteiger partial charge in [-0.2, -0.15) is 0 Å². The number of rotatable bonds is 5. The average Bonchev–Trinajstić information content (AvgIpc) is 3.28. The highest BCUT2D eigenvalue weighted by Gasteiger charge is 2.46. The van der Waals surface area contributed by atoms with Crippen LogP contribution in [0.25, 0.3) is 21.9 Å². The predicted octanol–water partition coefficient (Wildman–Crippen LogP) is 3.04. The summed E-state index contributed by atoms with van der Waals surface area (Å²) >= 11 is 0. The fourth-order valence-electron chi connectivity index (χ4n) is 4.74. The number of hydrogen-bond acceptors (Lipinski definition) is 3. The second-order valence-corrected chi connectivity index (χ2v) is 11.9. The lowest BCUT2D eigenvalue weighted by Gasteiger charge is -2.26. The van der Waals surface area contributed by atoms with Crippen molar-refractivity contribution in [1.82, 2.24) is 0 Å². The summed E-state index contributed by atoms with van der Waals surface area (Å²) in [6.07, 6.45) is 0.750. The lowest BCUT2D eigenvalue weighted by molar-refractivity contribution is -0.00000769. The molecule has 0 saturated heterocycles. The van der Waals surface area contributed by atoms with E-state index in [4.69, 9.17) is 8.83 Å². The Hall–Kier alpha value is -3.65. The van der Waals surface area contributed by atoms with Crippen LogP contribution >= 0.6 is 7.26 Å². The van der Waals surface area contributed by atoms with Gasteiger partial charge in [-0.05, 0) is 54.6 Å². The van der Waals surface area contributed by atoms with Gasteiger partial charge in [0, 0.05) is 22.9 Å². The molecule has 0 atom stereocenters. The lowest BCUT2D eigenvalue weighted by atomic mass is 10.2. The first kappa shape index (κ1) is 23.1. The largest absolute Gasteiger partial charge is 1.00 e. The summed E-state index contributed by atoms with van der Waals surface area (Å²) in [7, 11) is -2.06. The maximum atomic E-state index is 11.7. The zero-order valence-electron chi connectivity index (χ0n) is 18.8. The maximum Gasteiger partial charge on any atom is 0.336 e. The molecule has 5 heteroatoms. The van der Waals surface area contributed by atoms with Crippen molar-refractivity contribution in [2.75, 3.05) is 0 Å². The van der Waals surface area contributed by atoms with Gasteiger partial charge in [0.05, 0.1) is 0 Å². The topological polar surface area (TPSA) is 43.4 Å². The molecule has 0 bridgehead atoms. The highest BCUT2D eigenvalue weighted by Crippen LogP contribution is 2.58. The van der Waals surface area contributed by atoms with Crippen LogP contribution in [0.5, 0.6) is 0 Å². The highest BCUT2D eigenvalue weighted by atomic mass is 35.5. The quantitative estimate of drug-likeness (QED) is 0.272. The lowest BCUT2D eigenvalue weighted by Crippen LogP contribution is -3.00. The zero-order valence-corrected chi connectivity index (χ0v) is 20.5. The smallest absolute Gasteiger partial charge is 0.336 e. The van der Waals surface area contributed by atoms with Crippen molar-refractivity contribution in [1.29, 1.82) is 0 Å². The van der Waals surface area contributed by atoms with Gasteiger partial charge in [-0.1, -0.05) is 54.6 Å². The normalized spacial score (nSPS) is 11.4. The minimum Gasteiger partial charge on any atom is -1.00 e. The molecule has 6 aromatic rings. The summed E-state index contributed by atoms with van der Waals surface area (Å²) in [4.78, 5) is 11.7. The van der Waals surface area contributed by atoms with E-state index in [1.807, 2.05) is 12.1 Å². The van der Waals surface area contributed by atoms with Crippen molar-refractivity contribution < 1.29 is 21.2 Å². The molecule has 0 fully saturated rings. The van der Waals surface area contributed by atoms with E-state index in [-0.39, 0.29) is 18.0 Å². The standard InChI is InChI=1S/C30H22O3P.ClH/c31-30-17-16-22-18-23-19-24(32-29(23)20-28(22)33-30)21-34(25-10-4-1-5-11-25,26-12-6-2-7-13-26)27-14-8-3-9-15-27;/h1-20H,21H2;1H/q+1;/p-1. The Morgan fingerprint density at radius 3 is 1.60 bits per heavy atom. The van der Waals surface area contributed by atoms with Crippen molar-refractivity contribution in [2.45, 2.75) is 6.16 Å². The molecule has 0 aliphatic heterocycles. The van der Waals surface area contributed by atoms with E-state index in [0.29, 0.717) is 5.58 Å². The Bertz CT molecular complexity index is 1540. The van der Waals surface area contributed by atoms with Gasteiger partial charge in [-0.15, -0.1) is 0 Å². The molecule has 0 saturated carbocycles. The molecule has 2 heterocycles. The van der Waals surface area contributed by atoms with Crippen molar-refractivity contribution >= 4 is 45.1 Å². The van der Waals surface area contributed by atoms with Gasteiger partial charge in [-0.3, -0.25) is 0 Å². The van der Waals surface area contributed by atoms with Gasteiger partial charge in [-0.25, -0.2) is 4.79 Å². The molecular weight excluding hydrogens is 475 g/mol. The Morgan fingerprint density at radius 1 is 0.543 bits per heavy atom. The minimum absolute atomic E-state index is 0. The number of benzene rings is 4. The third-order valence-electron chi connectivity index (χ3n) is 6.29. The number of hydrogen-bond donors (Lipinski definition) is 0. The van der Waals surface area contributed by atoms with Crippen molar-refractivity contribution in [3.8, 4) is 0 Å². The molecule has 2 aromatic heterocycles. The number of furan rings is 1. The summed E-state index contributed by atoms with van der Waals surface area (Å²) in [5, 5.41) is 5.82. The van der Waals surface area contributed by atoms with E-state index in [0.717, 1.165) is 28.3 Å². The molecule has 6 rings (SSSR count). The monoisotopic (exact) mass is 496 g/mol. The zero-order chi connectivity index (χ0) is 23.0. The van der Waals surface area contributed by atoms with Crippen LogP contribution in [0.4, 0.5) is 0 Å². The van der Waals surface area contributed by atoms with Gasteiger partial charge < -0.3 is 21.2 Å². The molecule has 0 unspecified atom stereocenters. The fourth-order valence-corrected chi connectivity index (χ4v) is 8.85. The van der Waals surface area contributed by atoms with E-state index >= 15 is 0 Å². The second kappa shape index (κ2) is 9.54. The SMILES string of the molecule is O=c1ccc2cc3cc(C[P+](c4ccccc4)(c4ccccc4)c4ccccc4)oc3cc2o1.[Cl-]. The summed E-state index contributed by atoms with van der Waals surface area (Å²) < 4.78 is 11.8. The van der Waals surface area contributed by atoms with Crippen LogP contribution in [0.3, 0.4) is 0 Å². The maximum absolute atomic E-state index is 11.7. The Kier molecular flexibility index (Phi) is 6.30. The first-order chi connectivity index (χ1) is 16.7. The highest BCUT2D eigenvalue weighted by molar-refractivity contribution is 7.95. The van der Waals surface area contributed by atoms with Gasteiger partial charge in [0.15, 0.2) is 0 Å². The van der Waals surface area contributed by atoms with Crippen LogP contribution in [0.1, 0.15) is 5.76 Å². The Morgan fingerprint density at radius 2 is 1.06 bits per heavy atom. The van der Waals surface area contributed by atoms with Gasteiger partial charge in [0.2, 0.25) is 0 Å². The predicted molar refractivity (Wildman–Crippen MR) is 141 cm³/mol. The summed E-state index contributed by atoms with van der Waals surface area (Å²) in [6.45, 7) is 0. The van der Waals surface area contributed by atoms with Crippen LogP contribution < -0.4 is 33.9 Å². The van der Waals surface area contributed by atoms with E-state index in [9.17, 15) is 4.79 Å². The average molecular weight is 497 g/mol. The molecule has 0 N–H and O–H groups in total. The molecule has 3 nitrogen and oxygen atoms in total. The Labute approximate surface area is 209 Å². The molecule has 172 valence electrons. The van der Waals surface area contributed by atoms with Crippen LogP contribution in [0.15, 0.2) is 135 Å². The third-order valence-corrected chi connectivity index (χ3v) is 10.6. The molecule has 0 aliphatic carbocycles. The van der Waals surface area contributed by atoms with E-state index < -0.39 is 7.26 Å². The van der Waals surface area contributed by atoms with Gasteiger partial charge >= 0.3 is 5.63 Å². The summed E-state index contributed by atoms with van der Waals surface area (Å²) in [5.41, 5.74) is 0.904. The van der Waals surface area contributed by atoms with E-state index in [2.05, 4.69) is 97.1 Å². The van der Waals surface area contributed by atoms with Gasteiger partial charge in [0.1, 0.15) is 46.3 Å². The Balaban J connectivity index is 0.00000253. The molecular formula is C30H22ClO3P. The summed E-state index contributed by atoms with van der Waals surface area (Å²) in [5.74, 6) is 0.914. The molecule has 0 aliphatic rings. The van der Waals surface area contributed by atoms with Crippen molar-refractivity contribution in [2.24, 2.45) is 0 Å². The fraction of sp³-hybridized carbons (Fsp3) is 0.0333. The molecule has 0 radical (unpaired) electrons. The molecule has 0 spiro atoms. The van der Waals surface area contributed by atoms with Crippen molar-refractivity contribution in [3.63, 3.8) is 0 Å². The molecule has 0 amide bonds. The first-order valence-electron chi connectivity index (χ1n) is 11.2.